The van der Waals surface area contributed by atoms with Crippen LogP contribution in [0.25, 0.3) is 17.0 Å². The van der Waals surface area contributed by atoms with Crippen molar-refractivity contribution in [1.82, 2.24) is 24.4 Å². The molecule has 0 bridgehead atoms. The minimum Gasteiger partial charge on any atom is -0.330 e. The topological polar surface area (TPSA) is 74.0 Å². The molecule has 2 N–H and O–H groups in total. The van der Waals surface area contributed by atoms with Crippen molar-refractivity contribution < 1.29 is 0 Å². The smallest absolute Gasteiger partial charge is 0.137 e. The second-order valence-electron chi connectivity index (χ2n) is 4.10. The summed E-state index contributed by atoms with van der Waals surface area (Å²) < 4.78 is 3.76. The van der Waals surface area contributed by atoms with E-state index in [1.54, 1.807) is 4.68 Å². The van der Waals surface area contributed by atoms with E-state index in [1.807, 2.05) is 41.2 Å². The summed E-state index contributed by atoms with van der Waals surface area (Å²) in [4.78, 5) is 4.50. The van der Waals surface area contributed by atoms with Crippen molar-refractivity contribution in [3.63, 3.8) is 0 Å². The fourth-order valence-corrected chi connectivity index (χ4v) is 1.84. The van der Waals surface area contributed by atoms with Crippen LogP contribution < -0.4 is 5.73 Å². The van der Waals surface area contributed by atoms with Gasteiger partial charge in [0.05, 0.1) is 6.20 Å². The number of pyridine rings is 1. The fraction of sp³-hybridized carbons (Fsp3) is 0.250. The second kappa shape index (κ2) is 4.58. The van der Waals surface area contributed by atoms with Crippen molar-refractivity contribution >= 4 is 5.65 Å². The molecule has 0 radical (unpaired) electrons. The number of fused-ring (bicyclic) bond motifs is 1. The molecular formula is C12H14N6. The number of rotatable bonds is 4. The molecule has 3 rings (SSSR count). The Labute approximate surface area is 104 Å². The molecule has 0 aliphatic heterocycles. The number of aryl methyl sites for hydroxylation is 1. The molecule has 0 atom stereocenters. The third-order valence-electron chi connectivity index (χ3n) is 2.76. The molecular weight excluding hydrogens is 228 g/mol. The molecule has 6 heteroatoms. The number of hydrogen-bond donors (Lipinski definition) is 1. The Morgan fingerprint density at radius 2 is 2.11 bits per heavy atom. The molecule has 0 unspecified atom stereocenters. The molecule has 0 aliphatic rings. The molecule has 3 heterocycles. The Hall–Kier alpha value is -2.21. The third-order valence-corrected chi connectivity index (χ3v) is 2.76. The summed E-state index contributed by atoms with van der Waals surface area (Å²) in [5.74, 6) is 0. The van der Waals surface area contributed by atoms with Crippen LogP contribution in [-0.2, 0) is 6.54 Å². The van der Waals surface area contributed by atoms with Crippen LogP contribution in [-0.4, -0.2) is 30.9 Å². The highest BCUT2D eigenvalue weighted by Crippen LogP contribution is 2.15. The van der Waals surface area contributed by atoms with Crippen LogP contribution in [0.4, 0.5) is 0 Å². The molecule has 18 heavy (non-hydrogen) atoms. The Morgan fingerprint density at radius 1 is 1.17 bits per heavy atom. The molecule has 3 aromatic heterocycles. The Kier molecular flexibility index (Phi) is 2.77. The largest absolute Gasteiger partial charge is 0.330 e. The van der Waals surface area contributed by atoms with Crippen LogP contribution in [0.2, 0.25) is 0 Å². The van der Waals surface area contributed by atoms with E-state index in [0.29, 0.717) is 6.54 Å². The first-order chi connectivity index (χ1) is 8.86. The van der Waals surface area contributed by atoms with Crippen LogP contribution in [0.15, 0.2) is 36.8 Å². The third kappa shape index (κ3) is 1.98. The maximum atomic E-state index is 5.47. The minimum atomic E-state index is 0.656. The Bertz CT molecular complexity index is 620. The molecule has 6 nitrogen and oxygen atoms in total. The lowest BCUT2D eigenvalue weighted by Gasteiger charge is -1.95. The summed E-state index contributed by atoms with van der Waals surface area (Å²) in [6.07, 6.45) is 6.71. The fourth-order valence-electron chi connectivity index (χ4n) is 1.84. The summed E-state index contributed by atoms with van der Waals surface area (Å²) in [6.45, 7) is 1.44. The SMILES string of the molecule is NCCCn1cc(-c2cn3ccccc3n2)nn1. The van der Waals surface area contributed by atoms with Crippen molar-refractivity contribution in [2.24, 2.45) is 5.73 Å². The van der Waals surface area contributed by atoms with Crippen LogP contribution in [0.1, 0.15) is 6.42 Å². The summed E-state index contributed by atoms with van der Waals surface area (Å²) in [7, 11) is 0. The van der Waals surface area contributed by atoms with Gasteiger partial charge >= 0.3 is 0 Å². The molecule has 0 aromatic carbocycles. The van der Waals surface area contributed by atoms with Crippen molar-refractivity contribution in [3.05, 3.63) is 36.8 Å². The van der Waals surface area contributed by atoms with E-state index >= 15 is 0 Å². The molecule has 0 fully saturated rings. The highest BCUT2D eigenvalue weighted by molar-refractivity contribution is 5.57. The molecule has 0 saturated carbocycles. The maximum Gasteiger partial charge on any atom is 0.137 e. The lowest BCUT2D eigenvalue weighted by atomic mass is 10.3. The quantitative estimate of drug-likeness (QED) is 0.739. The number of nitrogens with two attached hydrogens (primary N) is 1. The van der Waals surface area contributed by atoms with Crippen LogP contribution in [0.3, 0.4) is 0 Å². The van der Waals surface area contributed by atoms with E-state index in [4.69, 9.17) is 5.73 Å². The molecule has 0 saturated heterocycles. The van der Waals surface area contributed by atoms with Crippen LogP contribution >= 0.6 is 0 Å². The van der Waals surface area contributed by atoms with Gasteiger partial charge in [-0.1, -0.05) is 11.3 Å². The summed E-state index contributed by atoms with van der Waals surface area (Å²) in [6, 6.07) is 5.89. The molecule has 0 aliphatic carbocycles. The van der Waals surface area contributed by atoms with E-state index in [0.717, 1.165) is 30.0 Å². The maximum absolute atomic E-state index is 5.47. The monoisotopic (exact) mass is 242 g/mol. The predicted octanol–water partition coefficient (Wildman–Crippen LogP) is 0.942. The van der Waals surface area contributed by atoms with Gasteiger partial charge in [-0.2, -0.15) is 0 Å². The summed E-state index contributed by atoms with van der Waals surface area (Å²) in [5.41, 5.74) is 8.00. The van der Waals surface area contributed by atoms with Crippen molar-refractivity contribution in [2.45, 2.75) is 13.0 Å². The van der Waals surface area contributed by atoms with Crippen LogP contribution in [0.5, 0.6) is 0 Å². The zero-order valence-corrected chi connectivity index (χ0v) is 9.90. The number of imidazole rings is 1. The van der Waals surface area contributed by atoms with Gasteiger partial charge in [0.2, 0.25) is 0 Å². The van der Waals surface area contributed by atoms with Crippen molar-refractivity contribution in [2.75, 3.05) is 6.54 Å². The number of hydrogen-bond acceptors (Lipinski definition) is 4. The van der Waals surface area contributed by atoms with E-state index in [2.05, 4.69) is 15.3 Å². The van der Waals surface area contributed by atoms with E-state index in [1.165, 1.54) is 0 Å². The lowest BCUT2D eigenvalue weighted by molar-refractivity contribution is 0.564. The number of aromatic nitrogens is 5. The van der Waals surface area contributed by atoms with Gasteiger partial charge in [-0.15, -0.1) is 5.10 Å². The first kappa shape index (κ1) is 10.9. The number of nitrogens with zero attached hydrogens (tertiary/aromatic N) is 5. The van der Waals surface area contributed by atoms with Gasteiger partial charge in [-0.25, -0.2) is 4.98 Å². The lowest BCUT2D eigenvalue weighted by Crippen LogP contribution is -2.06. The Balaban J connectivity index is 1.91. The molecule has 0 spiro atoms. The molecule has 92 valence electrons. The van der Waals surface area contributed by atoms with E-state index in [9.17, 15) is 0 Å². The zero-order valence-electron chi connectivity index (χ0n) is 9.90. The second-order valence-corrected chi connectivity index (χ2v) is 4.10. The van der Waals surface area contributed by atoms with Gasteiger partial charge in [0.25, 0.3) is 0 Å². The van der Waals surface area contributed by atoms with Gasteiger partial charge < -0.3 is 10.1 Å². The zero-order chi connectivity index (χ0) is 12.4. The highest BCUT2D eigenvalue weighted by atomic mass is 15.4. The van der Waals surface area contributed by atoms with E-state index in [-0.39, 0.29) is 0 Å². The van der Waals surface area contributed by atoms with Gasteiger partial charge in [0.1, 0.15) is 17.0 Å². The average molecular weight is 242 g/mol. The Morgan fingerprint density at radius 3 is 2.94 bits per heavy atom. The van der Waals surface area contributed by atoms with Crippen molar-refractivity contribution in [1.29, 1.82) is 0 Å². The summed E-state index contributed by atoms with van der Waals surface area (Å²) in [5, 5.41) is 8.19. The summed E-state index contributed by atoms with van der Waals surface area (Å²) >= 11 is 0. The van der Waals surface area contributed by atoms with Gasteiger partial charge in [-0.05, 0) is 25.1 Å². The predicted molar refractivity (Wildman–Crippen MR) is 67.9 cm³/mol. The van der Waals surface area contributed by atoms with Crippen molar-refractivity contribution in [3.8, 4) is 11.4 Å². The van der Waals surface area contributed by atoms with Gasteiger partial charge in [0, 0.05) is 18.9 Å². The van der Waals surface area contributed by atoms with Gasteiger partial charge in [-0.3, -0.25) is 4.68 Å². The normalized spacial score (nSPS) is 11.2. The van der Waals surface area contributed by atoms with Gasteiger partial charge in [0.15, 0.2) is 0 Å². The van der Waals surface area contributed by atoms with Crippen LogP contribution in [0, 0.1) is 0 Å². The first-order valence-electron chi connectivity index (χ1n) is 5.91. The minimum absolute atomic E-state index is 0.656. The van der Waals surface area contributed by atoms with E-state index < -0.39 is 0 Å². The average Bonchev–Trinajstić information content (AvgIpc) is 3.02. The highest BCUT2D eigenvalue weighted by Gasteiger charge is 2.07. The molecule has 0 amide bonds. The molecule has 3 aromatic rings. The first-order valence-corrected chi connectivity index (χ1v) is 5.91. The standard InChI is InChI=1S/C12H14N6/c13-5-3-7-18-9-11(15-16-18)10-8-17-6-2-1-4-12(17)14-10/h1-2,4,6,8-9H,3,5,7,13H2.